The van der Waals surface area contributed by atoms with E-state index >= 15 is 22.0 Å². The molecule has 3 aromatic rings. The molecule has 0 radical (unpaired) electrons. The molecular formula is C35H3F15N6. The molecule has 1 fully saturated rings. The molecule has 0 N–H and O–H groups in total. The van der Waals surface area contributed by atoms with Crippen LogP contribution < -0.4 is 0 Å². The Morgan fingerprint density at radius 2 is 0.732 bits per heavy atom. The van der Waals surface area contributed by atoms with E-state index in [9.17, 15) is 70.2 Å². The lowest BCUT2D eigenvalue weighted by molar-refractivity contribution is -0.148. The summed E-state index contributed by atoms with van der Waals surface area (Å²) >= 11 is 0. The van der Waals surface area contributed by atoms with Crippen molar-refractivity contribution in [1.82, 2.24) is 0 Å². The molecule has 0 unspecified atom stereocenters. The molecule has 0 aromatic heterocycles. The van der Waals surface area contributed by atoms with Gasteiger partial charge in [-0.3, -0.25) is 0 Å². The highest BCUT2D eigenvalue weighted by Crippen LogP contribution is 2.59. The van der Waals surface area contributed by atoms with E-state index in [2.05, 4.69) is 0 Å². The van der Waals surface area contributed by atoms with Gasteiger partial charge in [0.15, 0.2) is 34.9 Å². The highest BCUT2D eigenvalue weighted by atomic mass is 19.4. The number of rotatable bonds is 3. The van der Waals surface area contributed by atoms with E-state index in [0.717, 1.165) is 36.4 Å². The van der Waals surface area contributed by atoms with Crippen molar-refractivity contribution in [3.63, 3.8) is 0 Å². The second-order valence-corrected chi connectivity index (χ2v) is 10.6. The molecule has 0 spiro atoms. The van der Waals surface area contributed by atoms with Crippen LogP contribution in [0, 0.1) is 115 Å². The van der Waals surface area contributed by atoms with Crippen molar-refractivity contribution in [3.05, 3.63) is 119 Å². The average Bonchev–Trinajstić information content (AvgIpc) is 3.83. The fourth-order valence-electron chi connectivity index (χ4n) is 5.38. The van der Waals surface area contributed by atoms with Gasteiger partial charge in [-0.2, -0.15) is 71.1 Å². The summed E-state index contributed by atoms with van der Waals surface area (Å²) in [6.45, 7) is 0. The largest absolute Gasteiger partial charge is 0.417 e. The standard InChI is InChI=1S/C35H3F15N6/c1-2-12-13(5-51)27(36)25(31(40)29(12)38)17(9-55)23-22(24(23)18(10-56)26-28(37)14(6-52)15(7-53)30(39)32(26)41)16(8-54)21-19(34(45,46)47)3-11(33(42,43)44)4-20(21)35(48,49)50/h1,3-4H. The van der Waals surface area contributed by atoms with Gasteiger partial charge in [0.1, 0.15) is 53.1 Å². The zero-order valence-corrected chi connectivity index (χ0v) is 26.1. The van der Waals surface area contributed by atoms with Gasteiger partial charge < -0.3 is 0 Å². The van der Waals surface area contributed by atoms with E-state index in [1.807, 2.05) is 0 Å². The van der Waals surface area contributed by atoms with Crippen molar-refractivity contribution in [2.24, 2.45) is 0 Å². The first-order chi connectivity index (χ1) is 25.9. The van der Waals surface area contributed by atoms with Crippen molar-refractivity contribution in [2.75, 3.05) is 0 Å². The van der Waals surface area contributed by atoms with Gasteiger partial charge in [-0.15, -0.1) is 6.42 Å². The first-order valence-electron chi connectivity index (χ1n) is 13.9. The molecule has 1 saturated carbocycles. The molecule has 1 aliphatic carbocycles. The highest BCUT2D eigenvalue weighted by molar-refractivity contribution is 6.12. The Kier molecular flexibility index (Phi) is 10.2. The SMILES string of the molecule is C#Cc1c(F)c(F)c(C(C#N)=C2C(=C(C#N)c3c(C(F)(F)F)cc(C(F)(F)F)cc3C(F)(F)F)C2=C(C#N)c2c(F)c(F)c(C#N)c(C#N)c2F)c(F)c1C#N. The van der Waals surface area contributed by atoms with Crippen LogP contribution in [0.4, 0.5) is 65.9 Å². The van der Waals surface area contributed by atoms with Gasteiger partial charge in [-0.1, -0.05) is 5.92 Å². The van der Waals surface area contributed by atoms with Crippen LogP contribution in [-0.2, 0) is 18.5 Å². The topological polar surface area (TPSA) is 143 Å². The van der Waals surface area contributed by atoms with E-state index in [0.29, 0.717) is 0 Å². The number of benzene rings is 3. The summed E-state index contributed by atoms with van der Waals surface area (Å²) in [6.07, 6.45) is -13.5. The summed E-state index contributed by atoms with van der Waals surface area (Å²) in [5, 5.41) is 57.9. The van der Waals surface area contributed by atoms with Crippen LogP contribution >= 0.6 is 0 Å². The predicted octanol–water partition coefficient (Wildman–Crippen LogP) is 9.42. The second-order valence-electron chi connectivity index (χ2n) is 10.6. The Bertz CT molecular complexity index is 2570. The summed E-state index contributed by atoms with van der Waals surface area (Å²) in [4.78, 5) is 0. The molecule has 0 saturated heterocycles. The summed E-state index contributed by atoms with van der Waals surface area (Å²) in [6, 6.07) is 3.61. The van der Waals surface area contributed by atoms with E-state index in [-0.39, 0.29) is 0 Å². The third-order valence-electron chi connectivity index (χ3n) is 7.72. The summed E-state index contributed by atoms with van der Waals surface area (Å²) in [5.41, 5.74) is -32.2. The van der Waals surface area contributed by atoms with Crippen molar-refractivity contribution in [1.29, 1.82) is 31.6 Å². The number of terminal acetylenes is 1. The van der Waals surface area contributed by atoms with E-state index in [4.69, 9.17) is 11.7 Å². The average molecular weight is 792 g/mol. The molecule has 0 atom stereocenters. The third-order valence-corrected chi connectivity index (χ3v) is 7.72. The number of halogens is 15. The van der Waals surface area contributed by atoms with Crippen LogP contribution in [0.3, 0.4) is 0 Å². The van der Waals surface area contributed by atoms with Crippen molar-refractivity contribution < 1.29 is 65.9 Å². The van der Waals surface area contributed by atoms with Gasteiger partial charge in [0.25, 0.3) is 0 Å². The molecule has 3 aromatic carbocycles. The van der Waals surface area contributed by atoms with Crippen LogP contribution in [0.1, 0.15) is 55.6 Å². The first-order valence-corrected chi connectivity index (χ1v) is 13.9. The first kappa shape index (κ1) is 41.1. The lowest BCUT2D eigenvalue weighted by Gasteiger charge is -2.21. The fraction of sp³-hybridized carbons (Fsp3) is 0.0857. The smallest absolute Gasteiger partial charge is 0.205 e. The lowest BCUT2D eigenvalue weighted by atomic mass is 9.90. The molecular weight excluding hydrogens is 789 g/mol. The van der Waals surface area contributed by atoms with E-state index in [1.54, 1.807) is 0 Å². The number of alkyl halides is 9. The Hall–Kier alpha value is -7.67. The maximum Gasteiger partial charge on any atom is 0.417 e. The monoisotopic (exact) mass is 792 g/mol. The van der Waals surface area contributed by atoms with Gasteiger partial charge in [0.2, 0.25) is 0 Å². The Morgan fingerprint density at radius 3 is 1.02 bits per heavy atom. The summed E-state index contributed by atoms with van der Waals surface area (Å²) < 4.78 is 219. The zero-order chi connectivity index (χ0) is 42.6. The quantitative estimate of drug-likeness (QED) is 0.112. The summed E-state index contributed by atoms with van der Waals surface area (Å²) in [5.74, 6) is -13.0. The Balaban J connectivity index is 2.50. The van der Waals surface area contributed by atoms with Crippen molar-refractivity contribution >= 4 is 16.7 Å². The minimum atomic E-state index is -6.26. The van der Waals surface area contributed by atoms with Crippen molar-refractivity contribution in [2.45, 2.75) is 18.5 Å². The Labute approximate surface area is 301 Å². The normalized spacial score (nSPS) is 15.2. The molecule has 1 aliphatic rings. The van der Waals surface area contributed by atoms with Gasteiger partial charge in [0.05, 0.1) is 50.1 Å². The van der Waals surface area contributed by atoms with Gasteiger partial charge in [0, 0.05) is 22.3 Å². The van der Waals surface area contributed by atoms with Crippen LogP contribution in [0.15, 0.2) is 28.9 Å². The maximum absolute atomic E-state index is 15.7. The highest BCUT2D eigenvalue weighted by Gasteiger charge is 2.50. The second kappa shape index (κ2) is 14.0. The maximum atomic E-state index is 15.7. The molecule has 4 rings (SSSR count). The summed E-state index contributed by atoms with van der Waals surface area (Å²) in [7, 11) is 0. The van der Waals surface area contributed by atoms with E-state index in [1.165, 1.54) is 5.92 Å². The lowest BCUT2D eigenvalue weighted by Crippen LogP contribution is -2.19. The zero-order valence-electron chi connectivity index (χ0n) is 26.1. The van der Waals surface area contributed by atoms with Gasteiger partial charge in [-0.05, 0) is 12.1 Å². The van der Waals surface area contributed by atoms with E-state index < -0.39 is 155 Å². The molecule has 0 amide bonds. The molecule has 0 bridgehead atoms. The predicted molar refractivity (Wildman–Crippen MR) is 154 cm³/mol. The Morgan fingerprint density at radius 1 is 0.429 bits per heavy atom. The molecule has 56 heavy (non-hydrogen) atoms. The number of hydrogen-bond donors (Lipinski definition) is 0. The van der Waals surface area contributed by atoms with Gasteiger partial charge in [-0.25, -0.2) is 26.3 Å². The van der Waals surface area contributed by atoms with Crippen LogP contribution in [0.2, 0.25) is 0 Å². The van der Waals surface area contributed by atoms with Crippen molar-refractivity contribution in [3.8, 4) is 48.8 Å². The number of hydrogen-bond acceptors (Lipinski definition) is 6. The molecule has 21 heteroatoms. The molecule has 278 valence electrons. The number of nitriles is 6. The number of allylic oxidation sites excluding steroid dienone is 6. The molecule has 6 nitrogen and oxygen atoms in total. The van der Waals surface area contributed by atoms with Crippen LogP contribution in [0.5, 0.6) is 0 Å². The van der Waals surface area contributed by atoms with Crippen LogP contribution in [-0.4, -0.2) is 0 Å². The molecule has 0 aliphatic heterocycles. The third kappa shape index (κ3) is 6.36. The van der Waals surface area contributed by atoms with Crippen LogP contribution in [0.25, 0.3) is 16.7 Å². The van der Waals surface area contributed by atoms with Gasteiger partial charge >= 0.3 is 18.5 Å². The fourth-order valence-corrected chi connectivity index (χ4v) is 5.38. The number of nitrogens with zero attached hydrogens (tertiary/aromatic N) is 6. The minimum Gasteiger partial charge on any atom is -0.205 e. The minimum absolute atomic E-state index is 0.761. The molecule has 0 heterocycles.